The SMILES string of the molecule is Cc1ccc(C(C)(O)CNC(=O)C(C)(C)c2ccccc2)o1. The number of hydrogen-bond donors (Lipinski definition) is 2. The summed E-state index contributed by atoms with van der Waals surface area (Å²) in [7, 11) is 0. The van der Waals surface area contributed by atoms with Gasteiger partial charge in [0.15, 0.2) is 0 Å². The van der Waals surface area contributed by atoms with Crippen LogP contribution in [0.25, 0.3) is 0 Å². The monoisotopic (exact) mass is 301 g/mol. The van der Waals surface area contributed by atoms with E-state index in [4.69, 9.17) is 4.42 Å². The van der Waals surface area contributed by atoms with Crippen LogP contribution in [0.2, 0.25) is 0 Å². The number of carbonyl (C=O) groups is 1. The van der Waals surface area contributed by atoms with E-state index in [1.807, 2.05) is 51.1 Å². The number of nitrogens with one attached hydrogen (secondary N) is 1. The Labute approximate surface area is 131 Å². The van der Waals surface area contributed by atoms with Crippen molar-refractivity contribution < 1.29 is 14.3 Å². The smallest absolute Gasteiger partial charge is 0.230 e. The lowest BCUT2D eigenvalue weighted by molar-refractivity contribution is -0.127. The zero-order valence-corrected chi connectivity index (χ0v) is 13.5. The first-order valence-electron chi connectivity index (χ1n) is 7.36. The largest absolute Gasteiger partial charge is 0.463 e. The fourth-order valence-electron chi connectivity index (χ4n) is 2.27. The van der Waals surface area contributed by atoms with Crippen LogP contribution < -0.4 is 5.32 Å². The number of benzene rings is 1. The van der Waals surface area contributed by atoms with Crippen LogP contribution in [0.3, 0.4) is 0 Å². The molecule has 0 aliphatic heterocycles. The van der Waals surface area contributed by atoms with Crippen LogP contribution in [0, 0.1) is 6.92 Å². The van der Waals surface area contributed by atoms with E-state index < -0.39 is 11.0 Å². The summed E-state index contributed by atoms with van der Waals surface area (Å²) in [6, 6.07) is 13.1. The number of carbonyl (C=O) groups excluding carboxylic acids is 1. The maximum Gasteiger partial charge on any atom is 0.230 e. The van der Waals surface area contributed by atoms with Crippen molar-refractivity contribution in [1.82, 2.24) is 5.32 Å². The van der Waals surface area contributed by atoms with Gasteiger partial charge < -0.3 is 14.8 Å². The molecule has 1 aromatic heterocycles. The van der Waals surface area contributed by atoms with Crippen molar-refractivity contribution in [2.45, 2.75) is 38.7 Å². The van der Waals surface area contributed by atoms with Crippen molar-refractivity contribution >= 4 is 5.91 Å². The van der Waals surface area contributed by atoms with E-state index in [0.29, 0.717) is 5.76 Å². The highest BCUT2D eigenvalue weighted by Gasteiger charge is 2.33. The number of furan rings is 1. The lowest BCUT2D eigenvalue weighted by Gasteiger charge is -2.27. The predicted molar refractivity (Wildman–Crippen MR) is 85.5 cm³/mol. The van der Waals surface area contributed by atoms with Gasteiger partial charge in [-0.3, -0.25) is 4.79 Å². The molecule has 2 rings (SSSR count). The molecule has 1 unspecified atom stereocenters. The Balaban J connectivity index is 2.06. The summed E-state index contributed by atoms with van der Waals surface area (Å²) in [4.78, 5) is 12.5. The fraction of sp³-hybridized carbons (Fsp3) is 0.389. The van der Waals surface area contributed by atoms with Gasteiger partial charge in [0.05, 0.1) is 12.0 Å². The summed E-state index contributed by atoms with van der Waals surface area (Å²) in [6.07, 6.45) is 0. The molecule has 0 fully saturated rings. The third-order valence-electron chi connectivity index (χ3n) is 3.93. The molecule has 4 nitrogen and oxygen atoms in total. The number of amides is 1. The zero-order valence-electron chi connectivity index (χ0n) is 13.5. The molecule has 22 heavy (non-hydrogen) atoms. The first-order chi connectivity index (χ1) is 10.2. The van der Waals surface area contributed by atoms with Gasteiger partial charge in [-0.2, -0.15) is 0 Å². The molecular formula is C18H23NO3. The van der Waals surface area contributed by atoms with E-state index in [0.717, 1.165) is 11.3 Å². The maximum atomic E-state index is 12.5. The van der Waals surface area contributed by atoms with Crippen LogP contribution in [0.1, 0.15) is 37.9 Å². The minimum absolute atomic E-state index is 0.0923. The first-order valence-corrected chi connectivity index (χ1v) is 7.36. The number of rotatable bonds is 5. The molecule has 0 saturated heterocycles. The summed E-state index contributed by atoms with van der Waals surface area (Å²) >= 11 is 0. The van der Waals surface area contributed by atoms with E-state index >= 15 is 0 Å². The average Bonchev–Trinajstić information content (AvgIpc) is 2.93. The molecule has 1 amide bonds. The Kier molecular flexibility index (Phi) is 4.42. The standard InChI is InChI=1S/C18H23NO3/c1-13-10-11-15(22-13)18(4,21)12-19-16(20)17(2,3)14-8-6-5-7-9-14/h5-11,21H,12H2,1-4H3,(H,19,20). The first kappa shape index (κ1) is 16.3. The Morgan fingerprint density at radius 1 is 1.14 bits per heavy atom. The summed E-state index contributed by atoms with van der Waals surface area (Å²) in [5, 5.41) is 13.3. The highest BCUT2D eigenvalue weighted by molar-refractivity contribution is 5.87. The van der Waals surface area contributed by atoms with Crippen molar-refractivity contribution in [2.24, 2.45) is 0 Å². The molecule has 0 radical (unpaired) electrons. The zero-order chi connectivity index (χ0) is 16.4. The topological polar surface area (TPSA) is 62.5 Å². The normalized spacial score (nSPS) is 14.4. The van der Waals surface area contributed by atoms with Gasteiger partial charge >= 0.3 is 0 Å². The highest BCUT2D eigenvalue weighted by Crippen LogP contribution is 2.25. The van der Waals surface area contributed by atoms with Gasteiger partial charge in [0.1, 0.15) is 17.1 Å². The van der Waals surface area contributed by atoms with Gasteiger partial charge in [0.25, 0.3) is 0 Å². The molecule has 1 atom stereocenters. The number of hydrogen-bond acceptors (Lipinski definition) is 3. The Morgan fingerprint density at radius 2 is 1.77 bits per heavy atom. The average molecular weight is 301 g/mol. The van der Waals surface area contributed by atoms with E-state index in [2.05, 4.69) is 5.32 Å². The molecule has 0 bridgehead atoms. The van der Waals surface area contributed by atoms with Gasteiger partial charge in [-0.15, -0.1) is 0 Å². The van der Waals surface area contributed by atoms with Crippen LogP contribution >= 0.6 is 0 Å². The summed E-state index contributed by atoms with van der Waals surface area (Å²) in [5.41, 5.74) is -0.978. The van der Waals surface area contributed by atoms with E-state index in [-0.39, 0.29) is 12.5 Å². The molecule has 0 spiro atoms. The second-order valence-corrected chi connectivity index (χ2v) is 6.36. The van der Waals surface area contributed by atoms with Crippen LogP contribution in [0.5, 0.6) is 0 Å². The van der Waals surface area contributed by atoms with Gasteiger partial charge in [0.2, 0.25) is 5.91 Å². The lowest BCUT2D eigenvalue weighted by Crippen LogP contribution is -2.45. The van der Waals surface area contributed by atoms with Crippen LogP contribution in [-0.2, 0) is 15.8 Å². The molecule has 0 aliphatic rings. The van der Waals surface area contributed by atoms with Crippen LogP contribution in [-0.4, -0.2) is 17.6 Å². The quantitative estimate of drug-likeness (QED) is 0.892. The summed E-state index contributed by atoms with van der Waals surface area (Å²) in [6.45, 7) is 7.26. The summed E-state index contributed by atoms with van der Waals surface area (Å²) < 4.78 is 5.45. The Bertz CT molecular complexity index is 641. The van der Waals surface area contributed by atoms with Crippen molar-refractivity contribution in [1.29, 1.82) is 0 Å². The molecule has 0 saturated carbocycles. The molecule has 2 aromatic rings. The molecule has 118 valence electrons. The Hall–Kier alpha value is -2.07. The molecular weight excluding hydrogens is 278 g/mol. The number of aryl methyl sites for hydroxylation is 1. The highest BCUT2D eigenvalue weighted by atomic mass is 16.4. The number of aliphatic hydroxyl groups is 1. The lowest BCUT2D eigenvalue weighted by atomic mass is 9.83. The van der Waals surface area contributed by atoms with Gasteiger partial charge in [-0.25, -0.2) is 0 Å². The van der Waals surface area contributed by atoms with Gasteiger partial charge in [-0.1, -0.05) is 30.3 Å². The molecule has 4 heteroatoms. The van der Waals surface area contributed by atoms with Crippen LogP contribution in [0.4, 0.5) is 0 Å². The van der Waals surface area contributed by atoms with Crippen LogP contribution in [0.15, 0.2) is 46.9 Å². The van der Waals surface area contributed by atoms with E-state index in [1.54, 1.807) is 19.1 Å². The van der Waals surface area contributed by atoms with Crippen molar-refractivity contribution in [3.8, 4) is 0 Å². The maximum absolute atomic E-state index is 12.5. The minimum atomic E-state index is -1.24. The fourth-order valence-corrected chi connectivity index (χ4v) is 2.27. The summed E-state index contributed by atoms with van der Waals surface area (Å²) in [5.74, 6) is 1.04. The minimum Gasteiger partial charge on any atom is -0.463 e. The van der Waals surface area contributed by atoms with Crippen molar-refractivity contribution in [3.63, 3.8) is 0 Å². The van der Waals surface area contributed by atoms with Crippen molar-refractivity contribution in [2.75, 3.05) is 6.54 Å². The van der Waals surface area contributed by atoms with Gasteiger partial charge in [0, 0.05) is 0 Å². The van der Waals surface area contributed by atoms with Gasteiger partial charge in [-0.05, 0) is 45.4 Å². The molecule has 1 aromatic carbocycles. The molecule has 0 aliphatic carbocycles. The predicted octanol–water partition coefficient (Wildman–Crippen LogP) is 2.89. The second-order valence-electron chi connectivity index (χ2n) is 6.36. The Morgan fingerprint density at radius 3 is 2.32 bits per heavy atom. The molecule has 2 N–H and O–H groups in total. The third-order valence-corrected chi connectivity index (χ3v) is 3.93. The van der Waals surface area contributed by atoms with E-state index in [9.17, 15) is 9.90 Å². The second kappa shape index (κ2) is 5.97. The van der Waals surface area contributed by atoms with Crippen molar-refractivity contribution in [3.05, 3.63) is 59.5 Å². The third kappa shape index (κ3) is 3.39. The van der Waals surface area contributed by atoms with E-state index in [1.165, 1.54) is 0 Å². The molecule has 1 heterocycles.